The lowest BCUT2D eigenvalue weighted by Crippen LogP contribution is -2.01. The number of benzene rings is 3. The van der Waals surface area contributed by atoms with Gasteiger partial charge in [0.15, 0.2) is 11.0 Å². The van der Waals surface area contributed by atoms with Crippen LogP contribution in [0.2, 0.25) is 15.1 Å². The van der Waals surface area contributed by atoms with Gasteiger partial charge in [-0.2, -0.15) is 0 Å². The average molecular weight is 475 g/mol. The first kappa shape index (κ1) is 21.3. The maximum atomic E-state index is 6.17. The summed E-state index contributed by atoms with van der Waals surface area (Å²) in [6.45, 7) is 4.21. The molecular weight excluding hydrogens is 457 g/mol. The molecule has 0 saturated heterocycles. The van der Waals surface area contributed by atoms with Crippen LogP contribution in [0.5, 0.6) is 0 Å². The van der Waals surface area contributed by atoms with Crippen molar-refractivity contribution >= 4 is 46.6 Å². The quantitative estimate of drug-likeness (QED) is 0.276. The van der Waals surface area contributed by atoms with Crippen LogP contribution in [0.15, 0.2) is 65.8 Å². The molecule has 0 aliphatic rings. The Morgan fingerprint density at radius 1 is 0.800 bits per heavy atom. The van der Waals surface area contributed by atoms with Crippen LogP contribution in [0.4, 0.5) is 0 Å². The topological polar surface area (TPSA) is 30.7 Å². The lowest BCUT2D eigenvalue weighted by molar-refractivity contribution is 0.884. The molecule has 1 heterocycles. The zero-order chi connectivity index (χ0) is 21.3. The highest BCUT2D eigenvalue weighted by Crippen LogP contribution is 2.32. The molecule has 0 aliphatic heterocycles. The maximum Gasteiger partial charge on any atom is 0.196 e. The minimum Gasteiger partial charge on any atom is -0.270 e. The molecule has 4 rings (SSSR count). The van der Waals surface area contributed by atoms with Crippen LogP contribution in [0.3, 0.4) is 0 Å². The third kappa shape index (κ3) is 4.52. The molecule has 0 unspecified atom stereocenters. The molecule has 0 N–H and O–H groups in total. The van der Waals surface area contributed by atoms with E-state index in [1.54, 1.807) is 11.8 Å². The van der Waals surface area contributed by atoms with E-state index in [0.29, 0.717) is 20.8 Å². The fourth-order valence-electron chi connectivity index (χ4n) is 3.02. The summed E-state index contributed by atoms with van der Waals surface area (Å²) in [4.78, 5) is 0. The number of aryl methyl sites for hydroxylation is 2. The second kappa shape index (κ2) is 9.03. The molecule has 7 heteroatoms. The Morgan fingerprint density at radius 2 is 1.57 bits per heavy atom. The van der Waals surface area contributed by atoms with Gasteiger partial charge in [0.2, 0.25) is 0 Å². The van der Waals surface area contributed by atoms with E-state index >= 15 is 0 Å². The number of thioether (sulfide) groups is 1. The van der Waals surface area contributed by atoms with Crippen LogP contribution in [0.25, 0.3) is 17.1 Å². The first-order chi connectivity index (χ1) is 14.4. The molecule has 1 aromatic heterocycles. The van der Waals surface area contributed by atoms with Gasteiger partial charge >= 0.3 is 0 Å². The Morgan fingerprint density at radius 3 is 2.27 bits per heavy atom. The molecule has 0 spiro atoms. The Hall–Kier alpha value is -1.98. The van der Waals surface area contributed by atoms with Crippen molar-refractivity contribution in [1.82, 2.24) is 14.8 Å². The van der Waals surface area contributed by atoms with Gasteiger partial charge in [0, 0.05) is 16.3 Å². The molecule has 0 saturated carbocycles. The van der Waals surface area contributed by atoms with E-state index in [-0.39, 0.29) is 0 Å². The van der Waals surface area contributed by atoms with E-state index in [0.717, 1.165) is 27.8 Å². The number of rotatable bonds is 5. The highest BCUT2D eigenvalue weighted by Gasteiger charge is 2.17. The van der Waals surface area contributed by atoms with Crippen LogP contribution < -0.4 is 0 Å². The number of aromatic nitrogens is 3. The summed E-state index contributed by atoms with van der Waals surface area (Å²) < 4.78 is 2.08. The third-order valence-electron chi connectivity index (χ3n) is 4.84. The van der Waals surface area contributed by atoms with E-state index in [4.69, 9.17) is 34.8 Å². The van der Waals surface area contributed by atoms with Crippen molar-refractivity contribution in [3.8, 4) is 17.1 Å². The van der Waals surface area contributed by atoms with Crippen molar-refractivity contribution in [3.05, 3.63) is 92.4 Å². The zero-order valence-electron chi connectivity index (χ0n) is 16.4. The number of hydrogen-bond acceptors (Lipinski definition) is 3. The molecule has 0 aliphatic carbocycles. The van der Waals surface area contributed by atoms with Gasteiger partial charge in [-0.1, -0.05) is 58.7 Å². The van der Waals surface area contributed by atoms with E-state index in [1.807, 2.05) is 42.5 Å². The van der Waals surface area contributed by atoms with Crippen molar-refractivity contribution in [2.75, 3.05) is 0 Å². The summed E-state index contributed by atoms with van der Waals surface area (Å²) in [5, 5.41) is 11.6. The first-order valence-corrected chi connectivity index (χ1v) is 11.4. The standard InChI is InChI=1S/C23H18Cl3N3S/c1-14-3-9-19(11-15(14)2)29-22(17-5-7-18(24)8-6-17)27-28-23(29)30-13-16-4-10-20(25)21(26)12-16/h3-12H,13H2,1-2H3. The largest absolute Gasteiger partial charge is 0.270 e. The molecule has 4 aromatic rings. The summed E-state index contributed by atoms with van der Waals surface area (Å²) in [6.07, 6.45) is 0. The highest BCUT2D eigenvalue weighted by molar-refractivity contribution is 7.98. The van der Waals surface area contributed by atoms with Gasteiger partial charge in [0.25, 0.3) is 0 Å². The van der Waals surface area contributed by atoms with E-state index in [2.05, 4.69) is 46.8 Å². The smallest absolute Gasteiger partial charge is 0.196 e. The van der Waals surface area contributed by atoms with E-state index in [9.17, 15) is 0 Å². The lowest BCUT2D eigenvalue weighted by atomic mass is 10.1. The van der Waals surface area contributed by atoms with Crippen LogP contribution in [-0.2, 0) is 5.75 Å². The summed E-state index contributed by atoms with van der Waals surface area (Å²) in [5.41, 5.74) is 5.49. The van der Waals surface area contributed by atoms with Gasteiger partial charge < -0.3 is 0 Å². The molecular formula is C23H18Cl3N3S. The van der Waals surface area contributed by atoms with Crippen molar-refractivity contribution in [1.29, 1.82) is 0 Å². The number of halogens is 3. The van der Waals surface area contributed by atoms with Crippen molar-refractivity contribution in [2.45, 2.75) is 24.8 Å². The first-order valence-electron chi connectivity index (χ1n) is 9.28. The van der Waals surface area contributed by atoms with Crippen LogP contribution in [0.1, 0.15) is 16.7 Å². The summed E-state index contributed by atoms with van der Waals surface area (Å²) in [5.74, 6) is 1.46. The van der Waals surface area contributed by atoms with Crippen LogP contribution >= 0.6 is 46.6 Å². The number of hydrogen-bond donors (Lipinski definition) is 0. The van der Waals surface area contributed by atoms with Gasteiger partial charge in [-0.15, -0.1) is 10.2 Å². The third-order valence-corrected chi connectivity index (χ3v) is 6.83. The fraction of sp³-hybridized carbons (Fsp3) is 0.130. The molecule has 3 aromatic carbocycles. The Kier molecular flexibility index (Phi) is 6.40. The Labute approximate surface area is 195 Å². The molecule has 0 bridgehead atoms. The Bertz CT molecular complexity index is 1200. The van der Waals surface area contributed by atoms with E-state index in [1.165, 1.54) is 11.1 Å². The Balaban J connectivity index is 1.75. The molecule has 0 radical (unpaired) electrons. The summed E-state index contributed by atoms with van der Waals surface area (Å²) >= 11 is 19.9. The lowest BCUT2D eigenvalue weighted by Gasteiger charge is -2.12. The second-order valence-corrected chi connectivity index (χ2v) is 9.15. The normalized spacial score (nSPS) is 11.1. The zero-order valence-corrected chi connectivity index (χ0v) is 19.4. The van der Waals surface area contributed by atoms with Gasteiger partial charge in [-0.3, -0.25) is 4.57 Å². The van der Waals surface area contributed by atoms with Crippen LogP contribution in [-0.4, -0.2) is 14.8 Å². The maximum absolute atomic E-state index is 6.17. The van der Waals surface area contributed by atoms with Gasteiger partial charge in [0.05, 0.1) is 15.7 Å². The number of nitrogens with zero attached hydrogens (tertiary/aromatic N) is 3. The molecule has 0 fully saturated rings. The summed E-state index contributed by atoms with van der Waals surface area (Å²) in [6, 6.07) is 19.7. The minimum absolute atomic E-state index is 0.548. The molecule has 3 nitrogen and oxygen atoms in total. The summed E-state index contributed by atoms with van der Waals surface area (Å²) in [7, 11) is 0. The van der Waals surface area contributed by atoms with Gasteiger partial charge in [-0.05, 0) is 79.1 Å². The average Bonchev–Trinajstić information content (AvgIpc) is 3.15. The fourth-order valence-corrected chi connectivity index (χ4v) is 4.37. The van der Waals surface area contributed by atoms with Crippen molar-refractivity contribution < 1.29 is 0 Å². The van der Waals surface area contributed by atoms with Crippen molar-refractivity contribution in [3.63, 3.8) is 0 Å². The second-order valence-electron chi connectivity index (χ2n) is 6.95. The predicted molar refractivity (Wildman–Crippen MR) is 127 cm³/mol. The minimum atomic E-state index is 0.548. The van der Waals surface area contributed by atoms with Gasteiger partial charge in [-0.25, -0.2) is 0 Å². The molecule has 0 amide bonds. The molecule has 152 valence electrons. The predicted octanol–water partition coefficient (Wildman–Crippen LogP) is 7.80. The molecule has 0 atom stereocenters. The van der Waals surface area contributed by atoms with E-state index < -0.39 is 0 Å². The SMILES string of the molecule is Cc1ccc(-n2c(SCc3ccc(Cl)c(Cl)c3)nnc2-c2ccc(Cl)cc2)cc1C. The molecule has 30 heavy (non-hydrogen) atoms. The van der Waals surface area contributed by atoms with Gasteiger partial charge in [0.1, 0.15) is 0 Å². The monoisotopic (exact) mass is 473 g/mol. The highest BCUT2D eigenvalue weighted by atomic mass is 35.5. The van der Waals surface area contributed by atoms with Crippen LogP contribution in [0, 0.1) is 13.8 Å². The van der Waals surface area contributed by atoms with Crippen molar-refractivity contribution in [2.24, 2.45) is 0 Å².